The molecule has 9 nitrogen and oxygen atoms in total. The van der Waals surface area contributed by atoms with Gasteiger partial charge in [-0.1, -0.05) is 18.2 Å². The number of fused-ring (bicyclic) bond motifs is 3. The number of non-ortho nitro benzene ring substituents is 1. The van der Waals surface area contributed by atoms with Crippen LogP contribution in [0.25, 0.3) is 6.08 Å². The van der Waals surface area contributed by atoms with E-state index in [2.05, 4.69) is 4.90 Å². The molecule has 0 amide bonds. The molecule has 0 radical (unpaired) electrons. The van der Waals surface area contributed by atoms with E-state index in [1.807, 2.05) is 18.2 Å². The Hall–Kier alpha value is -4.37. The second kappa shape index (κ2) is 9.11. The maximum Gasteiger partial charge on any atom is 0.270 e. The minimum Gasteiger partial charge on any atom is -0.493 e. The molecule has 2 aliphatic rings. The Morgan fingerprint density at radius 2 is 1.91 bits per heavy atom. The number of hydrogen-bond donors (Lipinski definition) is 0. The van der Waals surface area contributed by atoms with Crippen LogP contribution in [0.1, 0.15) is 27.0 Å². The van der Waals surface area contributed by atoms with E-state index in [4.69, 9.17) is 18.9 Å². The summed E-state index contributed by atoms with van der Waals surface area (Å²) in [7, 11) is 3.19. The van der Waals surface area contributed by atoms with Crippen LogP contribution in [0.2, 0.25) is 0 Å². The average Bonchev–Trinajstić information content (AvgIpc) is 3.19. The molecule has 178 valence electrons. The Bertz CT molecular complexity index is 1370. The number of nitrogens with zero attached hydrogens (tertiary/aromatic N) is 2. The molecule has 2 heterocycles. The van der Waals surface area contributed by atoms with Gasteiger partial charge in [-0.25, -0.2) is 0 Å². The van der Waals surface area contributed by atoms with Gasteiger partial charge in [0, 0.05) is 25.2 Å². The van der Waals surface area contributed by atoms with Crippen molar-refractivity contribution >= 4 is 17.5 Å². The molecule has 0 aromatic heterocycles. The smallest absolute Gasteiger partial charge is 0.270 e. The molecule has 0 atom stereocenters. The third kappa shape index (κ3) is 4.29. The number of hydrogen-bond acceptors (Lipinski definition) is 8. The topological polar surface area (TPSA) is 100 Å². The summed E-state index contributed by atoms with van der Waals surface area (Å²) in [4.78, 5) is 25.7. The third-order valence-electron chi connectivity index (χ3n) is 5.92. The van der Waals surface area contributed by atoms with Gasteiger partial charge >= 0.3 is 0 Å². The largest absolute Gasteiger partial charge is 0.493 e. The molecule has 0 N–H and O–H groups in total. The van der Waals surface area contributed by atoms with Crippen molar-refractivity contribution in [3.63, 3.8) is 0 Å². The molecule has 0 unspecified atom stereocenters. The zero-order valence-corrected chi connectivity index (χ0v) is 19.1. The number of benzene rings is 3. The lowest BCUT2D eigenvalue weighted by Crippen LogP contribution is -2.31. The first-order valence-electron chi connectivity index (χ1n) is 10.9. The van der Waals surface area contributed by atoms with Gasteiger partial charge in [-0.2, -0.15) is 0 Å². The number of ketones is 1. The fourth-order valence-corrected chi connectivity index (χ4v) is 4.22. The Balaban J connectivity index is 1.39. The Morgan fingerprint density at radius 3 is 2.69 bits per heavy atom. The number of carbonyl (C=O) groups excluding carboxylic acids is 1. The number of Topliss-reactive ketones (excluding diaryl/α,β-unsaturated/α-hetero) is 1. The van der Waals surface area contributed by atoms with Crippen LogP contribution >= 0.6 is 0 Å². The number of ether oxygens (including phenoxy) is 4. The molecule has 5 rings (SSSR count). The Labute approximate surface area is 201 Å². The average molecular weight is 474 g/mol. The molecule has 0 spiro atoms. The molecule has 2 aliphatic heterocycles. The Morgan fingerprint density at radius 1 is 1.09 bits per heavy atom. The fraction of sp³-hybridized carbons (Fsp3) is 0.192. The highest BCUT2D eigenvalue weighted by Gasteiger charge is 2.33. The summed E-state index contributed by atoms with van der Waals surface area (Å²) in [6.07, 6.45) is 1.52. The molecule has 0 bridgehead atoms. The van der Waals surface area contributed by atoms with E-state index in [1.165, 1.54) is 18.2 Å². The monoisotopic (exact) mass is 474 g/mol. The number of rotatable bonds is 6. The zero-order valence-electron chi connectivity index (χ0n) is 19.1. The maximum absolute atomic E-state index is 13.0. The summed E-state index contributed by atoms with van der Waals surface area (Å²) in [5.74, 6) is 2.27. The minimum atomic E-state index is -0.477. The van der Waals surface area contributed by atoms with E-state index in [-0.39, 0.29) is 17.2 Å². The van der Waals surface area contributed by atoms with Gasteiger partial charge in [0.1, 0.15) is 18.2 Å². The van der Waals surface area contributed by atoms with Crippen molar-refractivity contribution in [3.05, 3.63) is 92.7 Å². The lowest BCUT2D eigenvalue weighted by molar-refractivity contribution is -0.384. The van der Waals surface area contributed by atoms with E-state index in [1.54, 1.807) is 38.5 Å². The third-order valence-corrected chi connectivity index (χ3v) is 5.92. The first kappa shape index (κ1) is 22.4. The van der Waals surface area contributed by atoms with E-state index in [0.717, 1.165) is 11.1 Å². The van der Waals surface area contributed by atoms with Crippen LogP contribution in [0.4, 0.5) is 5.69 Å². The van der Waals surface area contributed by atoms with Crippen molar-refractivity contribution in [1.82, 2.24) is 4.90 Å². The lowest BCUT2D eigenvalue weighted by atomic mass is 10.0. The summed E-state index contributed by atoms with van der Waals surface area (Å²) in [5, 5.41) is 11.1. The van der Waals surface area contributed by atoms with Crippen LogP contribution in [-0.4, -0.2) is 36.6 Å². The number of methoxy groups -OCH3 is 2. The molecule has 0 saturated carbocycles. The predicted molar refractivity (Wildman–Crippen MR) is 127 cm³/mol. The second-order valence-electron chi connectivity index (χ2n) is 8.16. The van der Waals surface area contributed by atoms with Crippen molar-refractivity contribution in [2.45, 2.75) is 13.1 Å². The van der Waals surface area contributed by atoms with Gasteiger partial charge in [-0.05, 0) is 41.5 Å². The number of nitro groups is 1. The molecule has 0 fully saturated rings. The van der Waals surface area contributed by atoms with Crippen LogP contribution in [0, 0.1) is 10.1 Å². The zero-order chi connectivity index (χ0) is 24.5. The Kier molecular flexibility index (Phi) is 5.84. The number of allylic oxidation sites excluding steroid dienone is 1. The van der Waals surface area contributed by atoms with Gasteiger partial charge in [0.15, 0.2) is 17.3 Å². The SMILES string of the molecule is COc1ccc(CN2COc3ccc4c(c3C2)O/C(=C\c2cccc([N+](=O)[O-])c2)C4=O)cc1OC. The summed E-state index contributed by atoms with van der Waals surface area (Å²) in [6, 6.07) is 15.3. The van der Waals surface area contributed by atoms with Gasteiger partial charge in [0.2, 0.25) is 5.78 Å². The van der Waals surface area contributed by atoms with Crippen LogP contribution in [0.3, 0.4) is 0 Å². The van der Waals surface area contributed by atoms with Crippen LogP contribution < -0.4 is 18.9 Å². The molecular formula is C26H22N2O7. The first-order chi connectivity index (χ1) is 17.0. The summed E-state index contributed by atoms with van der Waals surface area (Å²) < 4.78 is 22.6. The van der Waals surface area contributed by atoms with Crippen LogP contribution in [-0.2, 0) is 13.1 Å². The van der Waals surface area contributed by atoms with Gasteiger partial charge < -0.3 is 18.9 Å². The summed E-state index contributed by atoms with van der Waals surface area (Å²) >= 11 is 0. The van der Waals surface area contributed by atoms with Crippen molar-refractivity contribution in [2.24, 2.45) is 0 Å². The fourth-order valence-electron chi connectivity index (χ4n) is 4.22. The standard InChI is InChI=1S/C26H22N2O7/c1-32-22-8-6-17(12-23(22)33-2)13-27-14-20-21(34-15-27)9-7-19-25(29)24(35-26(19)20)11-16-4-3-5-18(10-16)28(30)31/h3-12H,13-15H2,1-2H3/b24-11-. The van der Waals surface area contributed by atoms with E-state index in [0.29, 0.717) is 53.9 Å². The summed E-state index contributed by atoms with van der Waals surface area (Å²) in [5.41, 5.74) is 2.70. The molecule has 9 heteroatoms. The minimum absolute atomic E-state index is 0.0566. The highest BCUT2D eigenvalue weighted by atomic mass is 16.6. The van der Waals surface area contributed by atoms with Gasteiger partial charge in [-0.15, -0.1) is 0 Å². The quantitative estimate of drug-likeness (QED) is 0.291. The molecule has 35 heavy (non-hydrogen) atoms. The first-order valence-corrected chi connectivity index (χ1v) is 10.9. The maximum atomic E-state index is 13.0. The number of carbonyl (C=O) groups is 1. The highest BCUT2D eigenvalue weighted by Crippen LogP contribution is 2.42. The van der Waals surface area contributed by atoms with Crippen molar-refractivity contribution in [3.8, 4) is 23.0 Å². The second-order valence-corrected chi connectivity index (χ2v) is 8.16. The van der Waals surface area contributed by atoms with Gasteiger partial charge in [0.25, 0.3) is 5.69 Å². The van der Waals surface area contributed by atoms with E-state index < -0.39 is 4.92 Å². The molecule has 3 aromatic carbocycles. The number of nitro benzene ring substituents is 1. The van der Waals surface area contributed by atoms with Crippen LogP contribution in [0.15, 0.2) is 60.4 Å². The summed E-state index contributed by atoms with van der Waals surface area (Å²) in [6.45, 7) is 1.49. The molecule has 3 aromatic rings. The molecular weight excluding hydrogens is 452 g/mol. The van der Waals surface area contributed by atoms with E-state index in [9.17, 15) is 14.9 Å². The molecule has 0 aliphatic carbocycles. The van der Waals surface area contributed by atoms with Gasteiger partial charge in [0.05, 0.1) is 30.3 Å². The normalized spacial score (nSPS) is 15.7. The van der Waals surface area contributed by atoms with Crippen molar-refractivity contribution in [2.75, 3.05) is 21.0 Å². The lowest BCUT2D eigenvalue weighted by Gasteiger charge is -2.29. The molecule has 0 saturated heterocycles. The van der Waals surface area contributed by atoms with Crippen molar-refractivity contribution < 1.29 is 28.7 Å². The van der Waals surface area contributed by atoms with Crippen LogP contribution in [0.5, 0.6) is 23.0 Å². The van der Waals surface area contributed by atoms with Crippen molar-refractivity contribution in [1.29, 1.82) is 0 Å². The highest BCUT2D eigenvalue weighted by molar-refractivity contribution is 6.15. The predicted octanol–water partition coefficient (Wildman–Crippen LogP) is 4.58. The van der Waals surface area contributed by atoms with E-state index >= 15 is 0 Å². The van der Waals surface area contributed by atoms with Gasteiger partial charge in [-0.3, -0.25) is 19.8 Å².